The number of esters is 1. The Bertz CT molecular complexity index is 248. The number of ether oxygens (including phenoxy) is 1. The third kappa shape index (κ3) is 3.81. The first-order chi connectivity index (χ1) is 7.67. The molecule has 16 heavy (non-hydrogen) atoms. The van der Waals surface area contributed by atoms with Gasteiger partial charge in [-0.15, -0.1) is 0 Å². The minimum absolute atomic E-state index is 0.183. The van der Waals surface area contributed by atoms with E-state index in [1.165, 1.54) is 0 Å². The molecule has 0 bridgehead atoms. The van der Waals surface area contributed by atoms with Crippen molar-refractivity contribution in [2.45, 2.75) is 20.3 Å². The highest BCUT2D eigenvalue weighted by Gasteiger charge is 2.21. The van der Waals surface area contributed by atoms with Crippen molar-refractivity contribution in [3.8, 4) is 0 Å². The first-order valence-electron chi connectivity index (χ1n) is 5.83. The van der Waals surface area contributed by atoms with E-state index in [1.54, 1.807) is 6.92 Å². The van der Waals surface area contributed by atoms with Crippen LogP contribution >= 0.6 is 0 Å². The molecule has 92 valence electrons. The topological polar surface area (TPSA) is 49.9 Å². The molecule has 5 heteroatoms. The second-order valence-electron chi connectivity index (χ2n) is 3.82. The van der Waals surface area contributed by atoms with E-state index in [2.05, 4.69) is 0 Å². The molecule has 0 aliphatic carbocycles. The van der Waals surface area contributed by atoms with Gasteiger partial charge in [0, 0.05) is 32.6 Å². The van der Waals surface area contributed by atoms with Crippen LogP contribution in [0.15, 0.2) is 0 Å². The molecule has 0 N–H and O–H groups in total. The molecule has 1 aliphatic rings. The molecule has 5 nitrogen and oxygen atoms in total. The van der Waals surface area contributed by atoms with Crippen LogP contribution in [-0.4, -0.2) is 61.0 Å². The Labute approximate surface area is 96.3 Å². The van der Waals surface area contributed by atoms with Crippen molar-refractivity contribution in [1.29, 1.82) is 0 Å². The van der Waals surface area contributed by atoms with Crippen LogP contribution in [0.25, 0.3) is 0 Å². The van der Waals surface area contributed by atoms with E-state index in [1.807, 2.05) is 16.7 Å². The first-order valence-corrected chi connectivity index (χ1v) is 5.83. The molecule has 1 rings (SSSR count). The Kier molecular flexibility index (Phi) is 5.25. The molecule has 0 aromatic rings. The monoisotopic (exact) mass is 228 g/mol. The van der Waals surface area contributed by atoms with Crippen LogP contribution in [-0.2, 0) is 14.3 Å². The van der Waals surface area contributed by atoms with E-state index in [0.717, 1.165) is 13.1 Å². The molecule has 1 saturated heterocycles. The van der Waals surface area contributed by atoms with Gasteiger partial charge in [-0.1, -0.05) is 6.92 Å². The first kappa shape index (κ1) is 13.0. The molecular formula is C11H20N2O3. The number of carbonyl (C=O) groups excluding carboxylic acids is 2. The van der Waals surface area contributed by atoms with Gasteiger partial charge < -0.3 is 9.64 Å². The Hall–Kier alpha value is -1.10. The summed E-state index contributed by atoms with van der Waals surface area (Å²) in [6.07, 6.45) is 0.553. The van der Waals surface area contributed by atoms with E-state index in [9.17, 15) is 9.59 Å². The summed E-state index contributed by atoms with van der Waals surface area (Å²) in [5.41, 5.74) is 0. The molecule has 0 saturated carbocycles. The number of piperazine rings is 1. The van der Waals surface area contributed by atoms with Crippen LogP contribution in [0.5, 0.6) is 0 Å². The summed E-state index contributed by atoms with van der Waals surface area (Å²) >= 11 is 0. The largest absolute Gasteiger partial charge is 0.465 e. The average molecular weight is 228 g/mol. The lowest BCUT2D eigenvalue weighted by Gasteiger charge is -2.33. The number of amides is 1. The fourth-order valence-corrected chi connectivity index (χ4v) is 1.77. The molecule has 1 aliphatic heterocycles. The fourth-order valence-electron chi connectivity index (χ4n) is 1.77. The minimum atomic E-state index is -0.183. The smallest absolute Gasteiger partial charge is 0.320 e. The zero-order valence-electron chi connectivity index (χ0n) is 10.1. The standard InChI is InChI=1S/C11H20N2O3/c1-3-10(14)13-7-5-12(6-8-13)9-11(15)16-4-2/h3-9H2,1-2H3. The molecule has 1 fully saturated rings. The van der Waals surface area contributed by atoms with Crippen molar-refractivity contribution in [1.82, 2.24) is 9.80 Å². The average Bonchev–Trinajstić information content (AvgIpc) is 2.29. The quantitative estimate of drug-likeness (QED) is 0.641. The van der Waals surface area contributed by atoms with Gasteiger partial charge in [-0.25, -0.2) is 0 Å². The van der Waals surface area contributed by atoms with E-state index < -0.39 is 0 Å². The molecule has 0 aromatic heterocycles. The molecule has 0 unspecified atom stereocenters. The van der Waals surface area contributed by atoms with Crippen LogP contribution < -0.4 is 0 Å². The number of hydrogen-bond donors (Lipinski definition) is 0. The fraction of sp³-hybridized carbons (Fsp3) is 0.818. The van der Waals surface area contributed by atoms with Crippen molar-refractivity contribution < 1.29 is 14.3 Å². The van der Waals surface area contributed by atoms with Gasteiger partial charge in [0.05, 0.1) is 13.2 Å². The predicted molar refractivity (Wildman–Crippen MR) is 59.9 cm³/mol. The second kappa shape index (κ2) is 6.48. The lowest BCUT2D eigenvalue weighted by atomic mass is 10.3. The zero-order valence-corrected chi connectivity index (χ0v) is 10.1. The summed E-state index contributed by atoms with van der Waals surface area (Å²) in [6, 6.07) is 0. The van der Waals surface area contributed by atoms with Crippen molar-refractivity contribution in [2.75, 3.05) is 39.3 Å². The summed E-state index contributed by atoms with van der Waals surface area (Å²) in [6.45, 7) is 7.37. The third-order valence-corrected chi connectivity index (χ3v) is 2.69. The molecular weight excluding hydrogens is 208 g/mol. The van der Waals surface area contributed by atoms with Gasteiger partial charge in [0.2, 0.25) is 5.91 Å². The van der Waals surface area contributed by atoms with E-state index in [-0.39, 0.29) is 11.9 Å². The van der Waals surface area contributed by atoms with Crippen molar-refractivity contribution in [3.63, 3.8) is 0 Å². The maximum atomic E-state index is 11.4. The molecule has 0 spiro atoms. The van der Waals surface area contributed by atoms with Gasteiger partial charge in [-0.05, 0) is 6.92 Å². The van der Waals surface area contributed by atoms with Crippen molar-refractivity contribution in [3.05, 3.63) is 0 Å². The van der Waals surface area contributed by atoms with Crippen molar-refractivity contribution >= 4 is 11.9 Å². The third-order valence-electron chi connectivity index (χ3n) is 2.69. The molecule has 0 atom stereocenters. The van der Waals surface area contributed by atoms with E-state index in [4.69, 9.17) is 4.74 Å². The normalized spacial score (nSPS) is 17.2. The van der Waals surface area contributed by atoms with Gasteiger partial charge in [-0.2, -0.15) is 0 Å². The summed E-state index contributed by atoms with van der Waals surface area (Å²) < 4.78 is 4.88. The Morgan fingerprint density at radius 1 is 1.12 bits per heavy atom. The van der Waals surface area contributed by atoms with E-state index in [0.29, 0.717) is 32.7 Å². The number of nitrogens with zero attached hydrogens (tertiary/aromatic N) is 2. The predicted octanol–water partition coefficient (Wildman–Crippen LogP) is 0.104. The Balaban J connectivity index is 2.26. The highest BCUT2D eigenvalue weighted by molar-refractivity contribution is 5.76. The molecule has 0 aromatic carbocycles. The van der Waals surface area contributed by atoms with Gasteiger partial charge in [0.25, 0.3) is 0 Å². The van der Waals surface area contributed by atoms with Crippen LogP contribution in [0.2, 0.25) is 0 Å². The lowest BCUT2D eigenvalue weighted by Crippen LogP contribution is -2.49. The van der Waals surface area contributed by atoms with Crippen LogP contribution in [0.4, 0.5) is 0 Å². The van der Waals surface area contributed by atoms with Crippen LogP contribution in [0.3, 0.4) is 0 Å². The molecule has 0 radical (unpaired) electrons. The van der Waals surface area contributed by atoms with Crippen LogP contribution in [0, 0.1) is 0 Å². The number of carbonyl (C=O) groups is 2. The van der Waals surface area contributed by atoms with Gasteiger partial charge >= 0.3 is 5.97 Å². The number of rotatable bonds is 4. The van der Waals surface area contributed by atoms with Crippen molar-refractivity contribution in [2.24, 2.45) is 0 Å². The Morgan fingerprint density at radius 2 is 1.75 bits per heavy atom. The highest BCUT2D eigenvalue weighted by Crippen LogP contribution is 2.03. The maximum Gasteiger partial charge on any atom is 0.320 e. The van der Waals surface area contributed by atoms with Gasteiger partial charge in [-0.3, -0.25) is 14.5 Å². The van der Waals surface area contributed by atoms with Gasteiger partial charge in [0.15, 0.2) is 0 Å². The summed E-state index contributed by atoms with van der Waals surface area (Å²) in [5.74, 6) is 0.00792. The Morgan fingerprint density at radius 3 is 2.25 bits per heavy atom. The molecule has 1 heterocycles. The number of hydrogen-bond acceptors (Lipinski definition) is 4. The maximum absolute atomic E-state index is 11.4. The zero-order chi connectivity index (χ0) is 12.0. The highest BCUT2D eigenvalue weighted by atomic mass is 16.5. The lowest BCUT2D eigenvalue weighted by molar-refractivity contribution is -0.145. The summed E-state index contributed by atoms with van der Waals surface area (Å²) in [7, 11) is 0. The summed E-state index contributed by atoms with van der Waals surface area (Å²) in [4.78, 5) is 26.5. The van der Waals surface area contributed by atoms with E-state index >= 15 is 0 Å². The second-order valence-corrected chi connectivity index (χ2v) is 3.82. The minimum Gasteiger partial charge on any atom is -0.465 e. The summed E-state index contributed by atoms with van der Waals surface area (Å²) in [5, 5.41) is 0. The van der Waals surface area contributed by atoms with Crippen LogP contribution in [0.1, 0.15) is 20.3 Å². The SMILES string of the molecule is CCOC(=O)CN1CCN(C(=O)CC)CC1. The van der Waals surface area contributed by atoms with Gasteiger partial charge in [0.1, 0.15) is 0 Å². The molecule has 1 amide bonds.